The third-order valence-electron chi connectivity index (χ3n) is 1.73. The SMILES string of the molecule is C/C(=N\N)c1ccccc1C. The summed E-state index contributed by atoms with van der Waals surface area (Å²) in [5, 5.41) is 3.64. The average molecular weight is 148 g/mol. The van der Waals surface area contributed by atoms with Crippen LogP contribution in [0.1, 0.15) is 18.1 Å². The first kappa shape index (κ1) is 7.79. The summed E-state index contributed by atoms with van der Waals surface area (Å²) in [7, 11) is 0. The van der Waals surface area contributed by atoms with Crippen LogP contribution in [0.2, 0.25) is 0 Å². The van der Waals surface area contributed by atoms with Crippen molar-refractivity contribution in [3.8, 4) is 0 Å². The number of nitrogens with zero attached hydrogens (tertiary/aromatic N) is 1. The Hall–Kier alpha value is -1.31. The van der Waals surface area contributed by atoms with E-state index in [1.54, 1.807) is 0 Å². The van der Waals surface area contributed by atoms with Crippen LogP contribution in [0.3, 0.4) is 0 Å². The van der Waals surface area contributed by atoms with Crippen molar-refractivity contribution in [1.82, 2.24) is 0 Å². The highest BCUT2D eigenvalue weighted by molar-refractivity contribution is 5.99. The van der Waals surface area contributed by atoms with Crippen LogP contribution < -0.4 is 5.84 Å². The van der Waals surface area contributed by atoms with E-state index in [1.807, 2.05) is 38.1 Å². The fraction of sp³-hybridized carbons (Fsp3) is 0.222. The molecular weight excluding hydrogens is 136 g/mol. The van der Waals surface area contributed by atoms with Crippen molar-refractivity contribution in [3.05, 3.63) is 35.4 Å². The Bertz CT molecular complexity index is 277. The molecule has 0 unspecified atom stereocenters. The van der Waals surface area contributed by atoms with Gasteiger partial charge in [0.25, 0.3) is 0 Å². The zero-order valence-electron chi connectivity index (χ0n) is 6.83. The Morgan fingerprint density at radius 2 is 2.00 bits per heavy atom. The molecule has 2 heteroatoms. The van der Waals surface area contributed by atoms with Crippen molar-refractivity contribution >= 4 is 5.71 Å². The summed E-state index contributed by atoms with van der Waals surface area (Å²) in [4.78, 5) is 0. The molecule has 58 valence electrons. The van der Waals surface area contributed by atoms with E-state index in [9.17, 15) is 0 Å². The predicted molar refractivity (Wildman–Crippen MR) is 47.6 cm³/mol. The molecule has 2 nitrogen and oxygen atoms in total. The number of hydrogen-bond donors (Lipinski definition) is 1. The maximum Gasteiger partial charge on any atom is 0.0644 e. The third-order valence-corrected chi connectivity index (χ3v) is 1.73. The van der Waals surface area contributed by atoms with Crippen LogP contribution in [-0.4, -0.2) is 5.71 Å². The van der Waals surface area contributed by atoms with E-state index >= 15 is 0 Å². The number of benzene rings is 1. The third kappa shape index (κ3) is 1.58. The van der Waals surface area contributed by atoms with Gasteiger partial charge in [-0.25, -0.2) is 0 Å². The van der Waals surface area contributed by atoms with Crippen molar-refractivity contribution in [2.75, 3.05) is 0 Å². The summed E-state index contributed by atoms with van der Waals surface area (Å²) in [5.41, 5.74) is 3.21. The summed E-state index contributed by atoms with van der Waals surface area (Å²) in [6, 6.07) is 8.05. The van der Waals surface area contributed by atoms with Crippen LogP contribution in [0.15, 0.2) is 29.4 Å². The van der Waals surface area contributed by atoms with Crippen LogP contribution in [-0.2, 0) is 0 Å². The molecule has 0 heterocycles. The highest BCUT2D eigenvalue weighted by atomic mass is 15.1. The molecule has 1 rings (SSSR count). The second kappa shape index (κ2) is 3.19. The van der Waals surface area contributed by atoms with Crippen molar-refractivity contribution < 1.29 is 0 Å². The number of aryl methyl sites for hydroxylation is 1. The van der Waals surface area contributed by atoms with Gasteiger partial charge in [-0.05, 0) is 19.4 Å². The average Bonchev–Trinajstić information content (AvgIpc) is 2.04. The lowest BCUT2D eigenvalue weighted by Gasteiger charge is -2.01. The monoisotopic (exact) mass is 148 g/mol. The molecule has 1 aromatic carbocycles. The topological polar surface area (TPSA) is 38.4 Å². The first-order valence-corrected chi connectivity index (χ1v) is 3.56. The fourth-order valence-electron chi connectivity index (χ4n) is 1.05. The molecule has 0 saturated heterocycles. The number of hydrogen-bond acceptors (Lipinski definition) is 2. The molecule has 0 aliphatic carbocycles. The van der Waals surface area contributed by atoms with Gasteiger partial charge in [0.2, 0.25) is 0 Å². The van der Waals surface area contributed by atoms with Crippen molar-refractivity contribution in [1.29, 1.82) is 0 Å². The van der Waals surface area contributed by atoms with Gasteiger partial charge in [0.15, 0.2) is 0 Å². The molecular formula is C9H12N2. The van der Waals surface area contributed by atoms with Crippen molar-refractivity contribution in [2.45, 2.75) is 13.8 Å². The molecule has 0 saturated carbocycles. The van der Waals surface area contributed by atoms with Crippen LogP contribution in [0.4, 0.5) is 0 Å². The van der Waals surface area contributed by atoms with Gasteiger partial charge in [-0.3, -0.25) is 0 Å². The minimum absolute atomic E-state index is 0.878. The lowest BCUT2D eigenvalue weighted by molar-refractivity contribution is 1.23. The van der Waals surface area contributed by atoms with E-state index in [1.165, 1.54) is 5.56 Å². The van der Waals surface area contributed by atoms with E-state index in [2.05, 4.69) is 5.10 Å². The molecule has 0 radical (unpaired) electrons. The first-order valence-electron chi connectivity index (χ1n) is 3.56. The van der Waals surface area contributed by atoms with Crippen LogP contribution in [0.25, 0.3) is 0 Å². The second-order valence-electron chi connectivity index (χ2n) is 2.53. The van der Waals surface area contributed by atoms with E-state index < -0.39 is 0 Å². The highest BCUT2D eigenvalue weighted by Gasteiger charge is 1.98. The van der Waals surface area contributed by atoms with E-state index in [0.717, 1.165) is 11.3 Å². The molecule has 1 aromatic rings. The Kier molecular flexibility index (Phi) is 2.26. The molecule has 0 aliphatic heterocycles. The Labute approximate surface area is 66.7 Å². The van der Waals surface area contributed by atoms with E-state index in [0.29, 0.717) is 0 Å². The van der Waals surface area contributed by atoms with Gasteiger partial charge in [-0.2, -0.15) is 5.10 Å². The van der Waals surface area contributed by atoms with Gasteiger partial charge >= 0.3 is 0 Å². The van der Waals surface area contributed by atoms with Gasteiger partial charge in [0, 0.05) is 5.56 Å². The molecule has 2 N–H and O–H groups in total. The molecule has 0 aliphatic rings. The smallest absolute Gasteiger partial charge is 0.0644 e. The number of rotatable bonds is 1. The normalized spacial score (nSPS) is 11.6. The lowest BCUT2D eigenvalue weighted by atomic mass is 10.1. The number of nitrogens with two attached hydrogens (primary N) is 1. The zero-order chi connectivity index (χ0) is 8.27. The summed E-state index contributed by atoms with van der Waals surface area (Å²) < 4.78 is 0. The van der Waals surface area contributed by atoms with Gasteiger partial charge in [-0.1, -0.05) is 24.3 Å². The van der Waals surface area contributed by atoms with Crippen LogP contribution in [0, 0.1) is 6.92 Å². The highest BCUT2D eigenvalue weighted by Crippen LogP contribution is 2.07. The Balaban J connectivity index is 3.14. The molecule has 0 amide bonds. The van der Waals surface area contributed by atoms with Crippen molar-refractivity contribution in [2.24, 2.45) is 10.9 Å². The zero-order valence-corrected chi connectivity index (χ0v) is 6.83. The van der Waals surface area contributed by atoms with Gasteiger partial charge in [0.1, 0.15) is 0 Å². The molecule has 11 heavy (non-hydrogen) atoms. The maximum atomic E-state index is 5.16. The van der Waals surface area contributed by atoms with Crippen molar-refractivity contribution in [3.63, 3.8) is 0 Å². The Morgan fingerprint density at radius 1 is 1.36 bits per heavy atom. The lowest BCUT2D eigenvalue weighted by Crippen LogP contribution is -2.00. The standard InChI is InChI=1S/C9H12N2/c1-7-5-3-4-6-9(7)8(2)11-10/h3-6H,10H2,1-2H3/b11-8+. The quantitative estimate of drug-likeness (QED) is 0.367. The second-order valence-corrected chi connectivity index (χ2v) is 2.53. The molecule has 0 atom stereocenters. The summed E-state index contributed by atoms with van der Waals surface area (Å²) >= 11 is 0. The molecule has 0 bridgehead atoms. The molecule has 0 fully saturated rings. The maximum absolute atomic E-state index is 5.16. The molecule has 0 aromatic heterocycles. The summed E-state index contributed by atoms with van der Waals surface area (Å²) in [5.74, 6) is 5.16. The van der Waals surface area contributed by atoms with Gasteiger partial charge in [-0.15, -0.1) is 0 Å². The van der Waals surface area contributed by atoms with Gasteiger partial charge in [0.05, 0.1) is 5.71 Å². The summed E-state index contributed by atoms with van der Waals surface area (Å²) in [6.45, 7) is 3.95. The van der Waals surface area contributed by atoms with Crippen LogP contribution >= 0.6 is 0 Å². The predicted octanol–water partition coefficient (Wildman–Crippen LogP) is 1.68. The minimum Gasteiger partial charge on any atom is -0.323 e. The number of hydrazone groups is 1. The van der Waals surface area contributed by atoms with Crippen LogP contribution in [0.5, 0.6) is 0 Å². The fourth-order valence-corrected chi connectivity index (χ4v) is 1.05. The summed E-state index contributed by atoms with van der Waals surface area (Å²) in [6.07, 6.45) is 0. The largest absolute Gasteiger partial charge is 0.323 e. The minimum atomic E-state index is 0.878. The Morgan fingerprint density at radius 3 is 2.55 bits per heavy atom. The van der Waals surface area contributed by atoms with E-state index in [4.69, 9.17) is 5.84 Å². The molecule has 0 spiro atoms. The van der Waals surface area contributed by atoms with E-state index in [-0.39, 0.29) is 0 Å². The first-order chi connectivity index (χ1) is 5.25. The van der Waals surface area contributed by atoms with Gasteiger partial charge < -0.3 is 5.84 Å².